The van der Waals surface area contributed by atoms with Crippen LogP contribution in [-0.4, -0.2) is 19.5 Å². The molecule has 3 nitrogen and oxygen atoms in total. The second-order valence-electron chi connectivity index (χ2n) is 4.70. The van der Waals surface area contributed by atoms with Crippen LogP contribution in [0.2, 0.25) is 0 Å². The number of nitrogens with two attached hydrogens (primary N) is 1. The molecule has 0 aliphatic heterocycles. The van der Waals surface area contributed by atoms with Crippen LogP contribution in [0.4, 0.5) is 0 Å². The molecule has 0 bridgehead atoms. The molecule has 0 aliphatic rings. The quantitative estimate of drug-likeness (QED) is 0.622. The van der Waals surface area contributed by atoms with Crippen molar-refractivity contribution in [2.24, 2.45) is 5.73 Å². The summed E-state index contributed by atoms with van der Waals surface area (Å²) in [6.45, 7) is 2.58. The van der Waals surface area contributed by atoms with Gasteiger partial charge in [0.1, 0.15) is 11.5 Å². The van der Waals surface area contributed by atoms with Gasteiger partial charge in [-0.2, -0.15) is 0 Å². The Labute approximate surface area is 130 Å². The van der Waals surface area contributed by atoms with E-state index >= 15 is 0 Å². The molecule has 0 aliphatic carbocycles. The molecule has 0 spiro atoms. The molecule has 0 saturated carbocycles. The Morgan fingerprint density at radius 3 is 2.57 bits per heavy atom. The fourth-order valence-electron chi connectivity index (χ4n) is 1.97. The van der Waals surface area contributed by atoms with E-state index in [1.807, 2.05) is 43.3 Å². The van der Waals surface area contributed by atoms with Gasteiger partial charge in [0.2, 0.25) is 0 Å². The molecule has 4 heteroatoms. The van der Waals surface area contributed by atoms with Gasteiger partial charge < -0.3 is 15.2 Å². The summed E-state index contributed by atoms with van der Waals surface area (Å²) < 4.78 is 11.1. The van der Waals surface area contributed by atoms with E-state index in [4.69, 9.17) is 15.2 Å². The average molecular weight is 303 g/mol. The first kappa shape index (κ1) is 15.7. The molecule has 0 amide bonds. The summed E-state index contributed by atoms with van der Waals surface area (Å²) in [5.74, 6) is 2.47. The highest BCUT2D eigenvalue weighted by Gasteiger charge is 2.09. The smallest absolute Gasteiger partial charge is 0.127 e. The Balaban J connectivity index is 1.92. The Morgan fingerprint density at radius 1 is 1.14 bits per heavy atom. The molecule has 2 aromatic rings. The Kier molecular flexibility index (Phi) is 5.96. The van der Waals surface area contributed by atoms with E-state index in [-0.39, 0.29) is 6.04 Å². The summed E-state index contributed by atoms with van der Waals surface area (Å²) in [5.41, 5.74) is 6.98. The topological polar surface area (TPSA) is 44.5 Å². The first-order valence-corrected chi connectivity index (χ1v) is 7.93. The molecule has 2 aromatic carbocycles. The van der Waals surface area contributed by atoms with Crippen molar-refractivity contribution in [1.29, 1.82) is 0 Å². The van der Waals surface area contributed by atoms with Crippen LogP contribution in [0.3, 0.4) is 0 Å². The number of rotatable bonds is 7. The third-order valence-electron chi connectivity index (χ3n) is 3.06. The zero-order chi connectivity index (χ0) is 15.1. The van der Waals surface area contributed by atoms with Crippen LogP contribution in [0, 0.1) is 0 Å². The SMILES string of the molecule is COc1ccc([C@H](C)N)c(OCCSc2ccccc2)c1. The van der Waals surface area contributed by atoms with E-state index in [2.05, 4.69) is 12.1 Å². The fourth-order valence-corrected chi connectivity index (χ4v) is 2.72. The van der Waals surface area contributed by atoms with Crippen molar-refractivity contribution in [3.8, 4) is 11.5 Å². The van der Waals surface area contributed by atoms with Gasteiger partial charge in [0.15, 0.2) is 0 Å². The molecule has 0 fully saturated rings. The molecule has 0 aromatic heterocycles. The lowest BCUT2D eigenvalue weighted by atomic mass is 10.1. The van der Waals surface area contributed by atoms with Gasteiger partial charge >= 0.3 is 0 Å². The van der Waals surface area contributed by atoms with Gasteiger partial charge in [0.25, 0.3) is 0 Å². The minimum Gasteiger partial charge on any atom is -0.497 e. The fraction of sp³-hybridized carbons (Fsp3) is 0.294. The molecule has 0 heterocycles. The number of ether oxygens (including phenoxy) is 2. The summed E-state index contributed by atoms with van der Waals surface area (Å²) in [5, 5.41) is 0. The van der Waals surface area contributed by atoms with Crippen molar-refractivity contribution in [3.63, 3.8) is 0 Å². The van der Waals surface area contributed by atoms with Gasteiger partial charge in [0.05, 0.1) is 13.7 Å². The predicted octanol–water partition coefficient (Wildman–Crippen LogP) is 3.89. The maximum Gasteiger partial charge on any atom is 0.127 e. The minimum atomic E-state index is -0.0623. The Bertz CT molecular complexity index is 558. The highest BCUT2D eigenvalue weighted by molar-refractivity contribution is 7.99. The van der Waals surface area contributed by atoms with Crippen LogP contribution < -0.4 is 15.2 Å². The summed E-state index contributed by atoms with van der Waals surface area (Å²) in [6.07, 6.45) is 0. The van der Waals surface area contributed by atoms with Crippen LogP contribution >= 0.6 is 11.8 Å². The average Bonchev–Trinajstić information content (AvgIpc) is 2.52. The van der Waals surface area contributed by atoms with Crippen molar-refractivity contribution in [1.82, 2.24) is 0 Å². The number of thioether (sulfide) groups is 1. The normalized spacial score (nSPS) is 12.0. The highest BCUT2D eigenvalue weighted by atomic mass is 32.2. The van der Waals surface area contributed by atoms with Crippen molar-refractivity contribution >= 4 is 11.8 Å². The van der Waals surface area contributed by atoms with Crippen LogP contribution in [0.5, 0.6) is 11.5 Å². The Morgan fingerprint density at radius 2 is 1.90 bits per heavy atom. The maximum atomic E-state index is 5.98. The lowest BCUT2D eigenvalue weighted by Gasteiger charge is -2.15. The van der Waals surface area contributed by atoms with E-state index in [1.165, 1.54) is 4.90 Å². The second-order valence-corrected chi connectivity index (χ2v) is 5.87. The molecule has 0 unspecified atom stereocenters. The van der Waals surface area contributed by atoms with Crippen LogP contribution in [-0.2, 0) is 0 Å². The highest BCUT2D eigenvalue weighted by Crippen LogP contribution is 2.29. The third kappa shape index (κ3) is 4.69. The van der Waals surface area contributed by atoms with Crippen molar-refractivity contribution < 1.29 is 9.47 Å². The van der Waals surface area contributed by atoms with E-state index < -0.39 is 0 Å². The van der Waals surface area contributed by atoms with Crippen LogP contribution in [0.25, 0.3) is 0 Å². The number of methoxy groups -OCH3 is 1. The van der Waals surface area contributed by atoms with Crippen LogP contribution in [0.15, 0.2) is 53.4 Å². The molecule has 2 N–H and O–H groups in total. The van der Waals surface area contributed by atoms with Crippen LogP contribution in [0.1, 0.15) is 18.5 Å². The van der Waals surface area contributed by atoms with Gasteiger partial charge in [-0.3, -0.25) is 0 Å². The number of hydrogen-bond acceptors (Lipinski definition) is 4. The predicted molar refractivity (Wildman–Crippen MR) is 88.3 cm³/mol. The van der Waals surface area contributed by atoms with E-state index in [9.17, 15) is 0 Å². The van der Waals surface area contributed by atoms with Crippen molar-refractivity contribution in [2.75, 3.05) is 19.5 Å². The summed E-state index contributed by atoms with van der Waals surface area (Å²) in [4.78, 5) is 1.25. The summed E-state index contributed by atoms with van der Waals surface area (Å²) in [7, 11) is 1.65. The van der Waals surface area contributed by atoms with Gasteiger partial charge in [-0.1, -0.05) is 24.3 Å². The largest absolute Gasteiger partial charge is 0.497 e. The molecule has 2 rings (SSSR count). The van der Waals surface area contributed by atoms with E-state index in [0.717, 1.165) is 22.8 Å². The summed E-state index contributed by atoms with van der Waals surface area (Å²) in [6, 6.07) is 16.0. The molecule has 1 atom stereocenters. The van der Waals surface area contributed by atoms with E-state index in [0.29, 0.717) is 6.61 Å². The lowest BCUT2D eigenvalue weighted by molar-refractivity contribution is 0.334. The maximum absolute atomic E-state index is 5.98. The molecular formula is C17H21NO2S. The zero-order valence-corrected chi connectivity index (χ0v) is 13.2. The van der Waals surface area contributed by atoms with Gasteiger partial charge in [-0.05, 0) is 25.1 Å². The Hall–Kier alpha value is -1.65. The van der Waals surface area contributed by atoms with Crippen molar-refractivity contribution in [2.45, 2.75) is 17.9 Å². The van der Waals surface area contributed by atoms with Gasteiger partial charge in [0, 0.05) is 28.3 Å². The van der Waals surface area contributed by atoms with E-state index in [1.54, 1.807) is 18.9 Å². The standard InChI is InChI=1S/C17H21NO2S/c1-13(18)16-9-8-14(19-2)12-17(16)20-10-11-21-15-6-4-3-5-7-15/h3-9,12-13H,10-11,18H2,1-2H3/t13-/m0/s1. The zero-order valence-electron chi connectivity index (χ0n) is 12.4. The summed E-state index contributed by atoms with van der Waals surface area (Å²) >= 11 is 1.78. The molecular weight excluding hydrogens is 282 g/mol. The molecule has 0 radical (unpaired) electrons. The first-order valence-electron chi connectivity index (χ1n) is 6.95. The number of hydrogen-bond donors (Lipinski definition) is 1. The second kappa shape index (κ2) is 7.96. The molecule has 112 valence electrons. The first-order chi connectivity index (χ1) is 10.2. The lowest BCUT2D eigenvalue weighted by Crippen LogP contribution is -2.09. The van der Waals surface area contributed by atoms with Gasteiger partial charge in [-0.25, -0.2) is 0 Å². The monoisotopic (exact) mass is 303 g/mol. The number of benzene rings is 2. The third-order valence-corrected chi connectivity index (χ3v) is 4.04. The molecule has 21 heavy (non-hydrogen) atoms. The molecule has 0 saturated heterocycles. The van der Waals surface area contributed by atoms with Crippen molar-refractivity contribution in [3.05, 3.63) is 54.1 Å². The van der Waals surface area contributed by atoms with Gasteiger partial charge in [-0.15, -0.1) is 11.8 Å². The minimum absolute atomic E-state index is 0.0623.